The quantitative estimate of drug-likeness (QED) is 0.549. The summed E-state index contributed by atoms with van der Waals surface area (Å²) in [6, 6.07) is 3.06. The Morgan fingerprint density at radius 2 is 1.75 bits per heavy atom. The fourth-order valence-corrected chi connectivity index (χ4v) is 0.344. The molecular formula is C6H9NO. The molecule has 1 aromatic rings. The van der Waals surface area contributed by atoms with E-state index < -0.39 is 0 Å². The van der Waals surface area contributed by atoms with Gasteiger partial charge in [0.05, 0.1) is 0 Å². The van der Waals surface area contributed by atoms with Gasteiger partial charge in [0.1, 0.15) is 5.75 Å². The molecule has 1 rings (SSSR count). The van der Waals surface area contributed by atoms with E-state index in [-0.39, 0.29) is 13.2 Å². The minimum Gasteiger partial charge on any atom is -0.508 e. The van der Waals surface area contributed by atoms with Gasteiger partial charge in [0.25, 0.3) is 0 Å². The van der Waals surface area contributed by atoms with Crippen LogP contribution in [0.3, 0.4) is 0 Å². The van der Waals surface area contributed by atoms with Crippen molar-refractivity contribution in [1.29, 1.82) is 0 Å². The van der Waals surface area contributed by atoms with E-state index in [4.69, 9.17) is 5.11 Å². The van der Waals surface area contributed by atoms with Crippen LogP contribution in [0.5, 0.6) is 5.75 Å². The zero-order chi connectivity index (χ0) is 5.11. The summed E-state index contributed by atoms with van der Waals surface area (Å²) in [5.74, 6) is 0.259. The van der Waals surface area contributed by atoms with Crippen molar-refractivity contribution in [3.8, 4) is 5.75 Å². The zero-order valence-electron chi connectivity index (χ0n) is 3.70. The highest BCUT2D eigenvalue weighted by molar-refractivity contribution is 5.13. The normalized spacial score (nSPS) is 7.50. The summed E-state index contributed by atoms with van der Waals surface area (Å²) in [5.41, 5.74) is 0. The lowest BCUT2D eigenvalue weighted by molar-refractivity contribution is 0.474. The number of nitrogens with zero attached hydrogens (tertiary/aromatic N) is 1. The average molecular weight is 111 g/mol. The topological polar surface area (TPSA) is 33.1 Å². The van der Waals surface area contributed by atoms with E-state index >= 15 is 0 Å². The monoisotopic (exact) mass is 111 g/mol. The molecule has 0 aliphatic heterocycles. The molecule has 1 heterocycles. The van der Waals surface area contributed by atoms with Gasteiger partial charge < -0.3 is 5.11 Å². The molecule has 0 aliphatic carbocycles. The first-order valence-electron chi connectivity index (χ1n) is 1.98. The van der Waals surface area contributed by atoms with Gasteiger partial charge in [0.15, 0.2) is 0 Å². The largest absolute Gasteiger partial charge is 0.508 e. The summed E-state index contributed by atoms with van der Waals surface area (Å²) in [6.07, 6.45) is 3.07. The SMILES string of the molecule is C.Oc1ccncc1. The Hall–Kier alpha value is -1.05. The van der Waals surface area contributed by atoms with E-state index in [1.807, 2.05) is 0 Å². The van der Waals surface area contributed by atoms with Crippen LogP contribution in [0, 0.1) is 0 Å². The van der Waals surface area contributed by atoms with Crippen LogP contribution in [0.2, 0.25) is 0 Å². The number of hydrogen-bond acceptors (Lipinski definition) is 2. The van der Waals surface area contributed by atoms with E-state index in [1.54, 1.807) is 0 Å². The van der Waals surface area contributed by atoms with Crippen molar-refractivity contribution in [2.75, 3.05) is 0 Å². The molecule has 8 heavy (non-hydrogen) atoms. The van der Waals surface area contributed by atoms with E-state index in [0.717, 1.165) is 0 Å². The maximum Gasteiger partial charge on any atom is 0.118 e. The first-order chi connectivity index (χ1) is 3.39. The second-order valence-corrected chi connectivity index (χ2v) is 1.21. The minimum atomic E-state index is 0. The highest BCUT2D eigenvalue weighted by Crippen LogP contribution is 2.00. The summed E-state index contributed by atoms with van der Waals surface area (Å²) in [5, 5.41) is 8.59. The Balaban J connectivity index is 0.000000490. The Bertz CT molecular complexity index is 138. The van der Waals surface area contributed by atoms with E-state index in [9.17, 15) is 0 Å². The van der Waals surface area contributed by atoms with Crippen molar-refractivity contribution in [1.82, 2.24) is 4.98 Å². The molecule has 0 saturated carbocycles. The summed E-state index contributed by atoms with van der Waals surface area (Å²) in [4.78, 5) is 3.69. The van der Waals surface area contributed by atoms with Crippen LogP contribution in [0.1, 0.15) is 7.43 Å². The van der Waals surface area contributed by atoms with Gasteiger partial charge in [-0.2, -0.15) is 0 Å². The maximum absolute atomic E-state index is 8.59. The molecule has 2 heteroatoms. The molecule has 0 aromatic carbocycles. The zero-order valence-corrected chi connectivity index (χ0v) is 3.70. The lowest BCUT2D eigenvalue weighted by Gasteiger charge is -1.82. The lowest BCUT2D eigenvalue weighted by atomic mass is 10.5. The Morgan fingerprint density at radius 3 is 2.00 bits per heavy atom. The molecule has 1 aromatic heterocycles. The first-order valence-corrected chi connectivity index (χ1v) is 1.98. The second kappa shape index (κ2) is 3.02. The number of pyridine rings is 1. The van der Waals surface area contributed by atoms with Gasteiger partial charge in [-0.1, -0.05) is 7.43 Å². The molecule has 0 spiro atoms. The highest BCUT2D eigenvalue weighted by atomic mass is 16.3. The molecule has 0 amide bonds. The Morgan fingerprint density at radius 1 is 1.25 bits per heavy atom. The average Bonchev–Trinajstić information content (AvgIpc) is 1.69. The summed E-state index contributed by atoms with van der Waals surface area (Å²) < 4.78 is 0. The van der Waals surface area contributed by atoms with Crippen LogP contribution in [0.4, 0.5) is 0 Å². The van der Waals surface area contributed by atoms with Crippen LogP contribution in [-0.2, 0) is 0 Å². The molecule has 0 bridgehead atoms. The minimum absolute atomic E-state index is 0. The van der Waals surface area contributed by atoms with Gasteiger partial charge in [-0.3, -0.25) is 4.98 Å². The van der Waals surface area contributed by atoms with Gasteiger partial charge >= 0.3 is 0 Å². The van der Waals surface area contributed by atoms with Crippen molar-refractivity contribution in [3.05, 3.63) is 24.5 Å². The highest BCUT2D eigenvalue weighted by Gasteiger charge is 1.75. The summed E-state index contributed by atoms with van der Waals surface area (Å²) in [6.45, 7) is 0. The standard InChI is InChI=1S/C5H5NO.CH4/c7-5-1-3-6-4-2-5;/h1-4H,(H,6,7);1H4. The van der Waals surface area contributed by atoms with Crippen LogP contribution < -0.4 is 0 Å². The van der Waals surface area contributed by atoms with Crippen molar-refractivity contribution in [2.24, 2.45) is 0 Å². The Labute approximate surface area is 48.8 Å². The van der Waals surface area contributed by atoms with Gasteiger partial charge in [-0.25, -0.2) is 0 Å². The summed E-state index contributed by atoms with van der Waals surface area (Å²) in [7, 11) is 0. The van der Waals surface area contributed by atoms with Crippen LogP contribution in [0.15, 0.2) is 24.5 Å². The molecule has 0 unspecified atom stereocenters. The number of aromatic hydroxyl groups is 1. The maximum atomic E-state index is 8.59. The number of rotatable bonds is 0. The lowest BCUT2D eigenvalue weighted by Crippen LogP contribution is -1.63. The molecule has 0 saturated heterocycles. The fourth-order valence-electron chi connectivity index (χ4n) is 0.344. The van der Waals surface area contributed by atoms with Crippen molar-refractivity contribution in [2.45, 2.75) is 7.43 Å². The second-order valence-electron chi connectivity index (χ2n) is 1.21. The molecule has 44 valence electrons. The third-order valence-corrected chi connectivity index (χ3v) is 0.663. The van der Waals surface area contributed by atoms with Crippen molar-refractivity contribution >= 4 is 0 Å². The van der Waals surface area contributed by atoms with Crippen molar-refractivity contribution in [3.63, 3.8) is 0 Å². The predicted molar refractivity (Wildman–Crippen MR) is 32.6 cm³/mol. The van der Waals surface area contributed by atoms with Crippen molar-refractivity contribution < 1.29 is 5.11 Å². The molecule has 0 atom stereocenters. The van der Waals surface area contributed by atoms with Crippen LogP contribution in [0.25, 0.3) is 0 Å². The first kappa shape index (κ1) is 6.95. The molecule has 2 nitrogen and oxygen atoms in total. The fraction of sp³-hybridized carbons (Fsp3) is 0.167. The number of hydrogen-bond donors (Lipinski definition) is 1. The third-order valence-electron chi connectivity index (χ3n) is 0.663. The van der Waals surface area contributed by atoms with Gasteiger partial charge in [-0.05, 0) is 12.1 Å². The van der Waals surface area contributed by atoms with E-state index in [2.05, 4.69) is 4.98 Å². The Kier molecular flexibility index (Phi) is 2.62. The summed E-state index contributed by atoms with van der Waals surface area (Å²) >= 11 is 0. The van der Waals surface area contributed by atoms with Crippen LogP contribution in [-0.4, -0.2) is 10.1 Å². The van der Waals surface area contributed by atoms with Crippen LogP contribution >= 0.6 is 0 Å². The van der Waals surface area contributed by atoms with E-state index in [0.29, 0.717) is 0 Å². The predicted octanol–water partition coefficient (Wildman–Crippen LogP) is 1.42. The smallest absolute Gasteiger partial charge is 0.118 e. The number of aromatic nitrogens is 1. The third kappa shape index (κ3) is 1.60. The van der Waals surface area contributed by atoms with E-state index in [1.165, 1.54) is 24.5 Å². The van der Waals surface area contributed by atoms with Gasteiger partial charge in [0, 0.05) is 12.4 Å². The van der Waals surface area contributed by atoms with Gasteiger partial charge in [-0.15, -0.1) is 0 Å². The molecule has 0 radical (unpaired) electrons. The molecule has 1 N–H and O–H groups in total. The molecule has 0 fully saturated rings. The molecular weight excluding hydrogens is 102 g/mol. The van der Waals surface area contributed by atoms with Gasteiger partial charge in [0.2, 0.25) is 0 Å². The molecule has 0 aliphatic rings.